The summed E-state index contributed by atoms with van der Waals surface area (Å²) in [5.74, 6) is -0.593. The van der Waals surface area contributed by atoms with Crippen molar-refractivity contribution < 1.29 is 19.2 Å². The van der Waals surface area contributed by atoms with Gasteiger partial charge < -0.3 is 15.5 Å². The van der Waals surface area contributed by atoms with Gasteiger partial charge in [0.15, 0.2) is 0 Å². The van der Waals surface area contributed by atoms with Gasteiger partial charge in [-0.05, 0) is 43.0 Å². The molecule has 0 radical (unpaired) electrons. The van der Waals surface area contributed by atoms with Gasteiger partial charge in [0.1, 0.15) is 0 Å². The number of halogens is 2. The van der Waals surface area contributed by atoms with Crippen molar-refractivity contribution in [3.63, 3.8) is 0 Å². The van der Waals surface area contributed by atoms with Gasteiger partial charge in [-0.25, -0.2) is 0 Å². The second-order valence-electron chi connectivity index (χ2n) is 11.5. The van der Waals surface area contributed by atoms with E-state index in [0.717, 1.165) is 6.42 Å². The predicted octanol–water partition coefficient (Wildman–Crippen LogP) is 4.65. The van der Waals surface area contributed by atoms with Gasteiger partial charge >= 0.3 is 0 Å². The fraction of sp³-hybridized carbons (Fsp3) is 0.484. The van der Waals surface area contributed by atoms with E-state index in [1.54, 1.807) is 26.0 Å². The molecule has 2 aliphatic rings. The molecule has 3 atom stereocenters. The van der Waals surface area contributed by atoms with Crippen LogP contribution in [-0.2, 0) is 14.4 Å². The van der Waals surface area contributed by atoms with Crippen molar-refractivity contribution in [3.8, 4) is 0 Å². The molecule has 2 aliphatic heterocycles. The molecular formula is C31H38Cl2N4O4. The van der Waals surface area contributed by atoms with Gasteiger partial charge in [0.05, 0.1) is 21.5 Å². The van der Waals surface area contributed by atoms with E-state index in [0.29, 0.717) is 48.1 Å². The number of rotatable bonds is 10. The molecule has 0 aromatic heterocycles. The Hall–Kier alpha value is -2.94. The number of hydrogen-bond donors (Lipinski definition) is 2. The molecule has 8 nitrogen and oxygen atoms in total. The average Bonchev–Trinajstić information content (AvgIpc) is 3.05. The van der Waals surface area contributed by atoms with Gasteiger partial charge in [0.25, 0.3) is 5.91 Å². The Labute approximate surface area is 251 Å². The maximum Gasteiger partial charge on any atom is 0.251 e. The monoisotopic (exact) mass is 600 g/mol. The smallest absolute Gasteiger partial charge is 0.251 e. The highest BCUT2D eigenvalue weighted by molar-refractivity contribution is 6.42. The Kier molecular flexibility index (Phi) is 10.1. The molecule has 4 rings (SSSR count). The lowest BCUT2D eigenvalue weighted by Crippen LogP contribution is -2.50. The first-order chi connectivity index (χ1) is 19.5. The van der Waals surface area contributed by atoms with Crippen molar-refractivity contribution in [3.05, 3.63) is 69.7 Å². The third kappa shape index (κ3) is 7.48. The number of nitrogens with one attached hydrogen (secondary N) is 2. The molecule has 3 unspecified atom stereocenters. The molecular weight excluding hydrogens is 563 g/mol. The summed E-state index contributed by atoms with van der Waals surface area (Å²) in [7, 11) is 0. The minimum atomic E-state index is -0.731. The van der Waals surface area contributed by atoms with Gasteiger partial charge in [-0.1, -0.05) is 74.3 Å². The fourth-order valence-electron chi connectivity index (χ4n) is 5.56. The summed E-state index contributed by atoms with van der Waals surface area (Å²) in [6.07, 6.45) is 1.97. The van der Waals surface area contributed by atoms with Gasteiger partial charge in [0, 0.05) is 50.1 Å². The van der Waals surface area contributed by atoms with E-state index < -0.39 is 11.5 Å². The topological polar surface area (TPSA) is 98.8 Å². The third-order valence-corrected chi connectivity index (χ3v) is 8.79. The first-order valence-corrected chi connectivity index (χ1v) is 14.9. The van der Waals surface area contributed by atoms with Crippen molar-refractivity contribution in [1.82, 2.24) is 20.4 Å². The van der Waals surface area contributed by atoms with Crippen LogP contribution >= 0.6 is 23.2 Å². The van der Waals surface area contributed by atoms with Gasteiger partial charge in [0.2, 0.25) is 17.7 Å². The minimum absolute atomic E-state index is 0.0592. The summed E-state index contributed by atoms with van der Waals surface area (Å²) < 4.78 is 0. The van der Waals surface area contributed by atoms with Crippen LogP contribution in [0.3, 0.4) is 0 Å². The molecule has 41 heavy (non-hydrogen) atoms. The summed E-state index contributed by atoms with van der Waals surface area (Å²) in [4.78, 5) is 55.2. The Morgan fingerprint density at radius 2 is 1.83 bits per heavy atom. The van der Waals surface area contributed by atoms with Crippen LogP contribution in [0, 0.1) is 5.41 Å². The van der Waals surface area contributed by atoms with E-state index in [-0.39, 0.29) is 48.6 Å². The van der Waals surface area contributed by atoms with Crippen LogP contribution in [0.4, 0.5) is 0 Å². The quantitative estimate of drug-likeness (QED) is 0.387. The highest BCUT2D eigenvalue weighted by Crippen LogP contribution is 2.32. The number of nitrogens with zero attached hydrogens (tertiary/aromatic N) is 2. The molecule has 0 bridgehead atoms. The van der Waals surface area contributed by atoms with Crippen molar-refractivity contribution in [2.45, 2.75) is 64.5 Å². The zero-order chi connectivity index (χ0) is 29.7. The normalized spacial score (nSPS) is 21.6. The Bertz CT molecular complexity index is 1290. The van der Waals surface area contributed by atoms with Crippen LogP contribution in [0.1, 0.15) is 68.3 Å². The van der Waals surface area contributed by atoms with Gasteiger partial charge in [-0.3, -0.25) is 24.1 Å². The maximum absolute atomic E-state index is 13.9. The van der Waals surface area contributed by atoms with E-state index in [1.807, 2.05) is 23.1 Å². The van der Waals surface area contributed by atoms with Crippen LogP contribution in [0.15, 0.2) is 48.5 Å². The van der Waals surface area contributed by atoms with E-state index in [2.05, 4.69) is 29.7 Å². The molecule has 4 amide bonds. The number of carbonyl (C=O) groups is 4. The molecule has 2 N–H and O–H groups in total. The zero-order valence-electron chi connectivity index (χ0n) is 23.8. The minimum Gasteiger partial charge on any atom is -0.350 e. The number of imide groups is 1. The standard InChI is InChI=1S/C31H38Cl2N4O4/c1-4-20(21-8-6-5-7-9-21)19-36-14-12-23(18-34-28(39)22-10-11-24(32)25(33)16-22)35-26(29(36)40)13-15-37-27(38)17-31(2,3)30(37)41/h5-11,16,20,23,26,35H,4,12-15,17-19H2,1-3H3,(H,34,39). The zero-order valence-corrected chi connectivity index (χ0v) is 25.3. The first kappa shape index (κ1) is 31.0. The highest BCUT2D eigenvalue weighted by Gasteiger charge is 2.45. The summed E-state index contributed by atoms with van der Waals surface area (Å²) in [5.41, 5.74) is 0.841. The molecule has 0 aliphatic carbocycles. The molecule has 2 saturated heterocycles. The van der Waals surface area contributed by atoms with Crippen LogP contribution < -0.4 is 10.6 Å². The SMILES string of the molecule is CCC(CN1CCC(CNC(=O)c2ccc(Cl)c(Cl)c2)NC(CCN2C(=O)CC(C)(C)C2=O)C1=O)c1ccccc1. The molecule has 2 aromatic carbocycles. The van der Waals surface area contributed by atoms with E-state index in [4.69, 9.17) is 23.2 Å². The summed E-state index contributed by atoms with van der Waals surface area (Å²) in [5, 5.41) is 7.03. The van der Waals surface area contributed by atoms with E-state index in [1.165, 1.54) is 16.5 Å². The first-order valence-electron chi connectivity index (χ1n) is 14.2. The molecule has 0 saturated carbocycles. The number of likely N-dealkylation sites (tertiary alicyclic amines) is 1. The lowest BCUT2D eigenvalue weighted by Gasteiger charge is -2.29. The predicted molar refractivity (Wildman–Crippen MR) is 160 cm³/mol. The highest BCUT2D eigenvalue weighted by atomic mass is 35.5. The summed E-state index contributed by atoms with van der Waals surface area (Å²) in [6, 6.07) is 14.1. The van der Waals surface area contributed by atoms with Crippen molar-refractivity contribution in [2.24, 2.45) is 5.41 Å². The van der Waals surface area contributed by atoms with Crippen molar-refractivity contribution in [2.75, 3.05) is 26.2 Å². The average molecular weight is 602 g/mol. The maximum atomic E-state index is 13.9. The molecule has 220 valence electrons. The Morgan fingerprint density at radius 1 is 1.10 bits per heavy atom. The second kappa shape index (κ2) is 13.4. The Morgan fingerprint density at radius 3 is 2.46 bits per heavy atom. The van der Waals surface area contributed by atoms with Gasteiger partial charge in [-0.15, -0.1) is 0 Å². The Balaban J connectivity index is 1.48. The number of amides is 4. The summed E-state index contributed by atoms with van der Waals surface area (Å²) >= 11 is 12.1. The number of carbonyl (C=O) groups excluding carboxylic acids is 4. The van der Waals surface area contributed by atoms with Gasteiger partial charge in [-0.2, -0.15) is 0 Å². The van der Waals surface area contributed by atoms with Crippen LogP contribution in [0.25, 0.3) is 0 Å². The van der Waals surface area contributed by atoms with Crippen molar-refractivity contribution >= 4 is 46.8 Å². The summed E-state index contributed by atoms with van der Waals surface area (Å²) in [6.45, 7) is 7.19. The van der Waals surface area contributed by atoms with Crippen LogP contribution in [-0.4, -0.2) is 71.7 Å². The lowest BCUT2D eigenvalue weighted by molar-refractivity contribution is -0.142. The molecule has 2 aromatic rings. The third-order valence-electron chi connectivity index (χ3n) is 8.05. The van der Waals surface area contributed by atoms with Crippen LogP contribution in [0.5, 0.6) is 0 Å². The largest absolute Gasteiger partial charge is 0.350 e. The molecule has 2 fully saturated rings. The lowest BCUT2D eigenvalue weighted by atomic mass is 9.92. The number of hydrogen-bond acceptors (Lipinski definition) is 5. The van der Waals surface area contributed by atoms with Crippen LogP contribution in [0.2, 0.25) is 10.0 Å². The fourth-order valence-corrected chi connectivity index (χ4v) is 5.86. The molecule has 10 heteroatoms. The second-order valence-corrected chi connectivity index (χ2v) is 12.4. The van der Waals surface area contributed by atoms with E-state index in [9.17, 15) is 19.2 Å². The molecule has 2 heterocycles. The van der Waals surface area contributed by atoms with Crippen molar-refractivity contribution in [1.29, 1.82) is 0 Å². The molecule has 0 spiro atoms. The van der Waals surface area contributed by atoms with E-state index >= 15 is 0 Å². The number of benzene rings is 2.